The number of thiol groups is 1. The summed E-state index contributed by atoms with van der Waals surface area (Å²) in [5.41, 5.74) is 2.04. The van der Waals surface area contributed by atoms with E-state index in [9.17, 15) is 14.4 Å². The van der Waals surface area contributed by atoms with Crippen LogP contribution in [0.3, 0.4) is 0 Å². The van der Waals surface area contributed by atoms with E-state index in [-0.39, 0.29) is 17.6 Å². The predicted octanol–water partition coefficient (Wildman–Crippen LogP) is 5.49. The van der Waals surface area contributed by atoms with Gasteiger partial charge in [0.05, 0.1) is 0 Å². The molecule has 0 heterocycles. The molecule has 0 radical (unpaired) electrons. The Balaban J connectivity index is 3.40. The number of alkyl carbamates (subject to hydrolysis) is 1. The van der Waals surface area contributed by atoms with Crippen molar-refractivity contribution in [1.29, 1.82) is 0 Å². The summed E-state index contributed by atoms with van der Waals surface area (Å²) in [7, 11) is 0. The van der Waals surface area contributed by atoms with Gasteiger partial charge in [0.25, 0.3) is 0 Å². The molecular formula is C28H47N3O4S. The number of rotatable bonds is 14. The van der Waals surface area contributed by atoms with Gasteiger partial charge in [-0.2, -0.15) is 12.6 Å². The molecule has 1 aromatic carbocycles. The van der Waals surface area contributed by atoms with Crippen LogP contribution in [0.4, 0.5) is 4.79 Å². The maximum atomic E-state index is 13.9. The highest BCUT2D eigenvalue weighted by atomic mass is 32.1. The van der Waals surface area contributed by atoms with Crippen molar-refractivity contribution in [2.45, 2.75) is 105 Å². The number of nitrogens with one attached hydrogen (secondary N) is 2. The molecule has 2 unspecified atom stereocenters. The van der Waals surface area contributed by atoms with Gasteiger partial charge >= 0.3 is 6.09 Å². The maximum Gasteiger partial charge on any atom is 0.408 e. The first kappa shape index (κ1) is 31.8. The molecule has 0 bridgehead atoms. The maximum absolute atomic E-state index is 13.9. The first-order chi connectivity index (χ1) is 16.9. The predicted molar refractivity (Wildman–Crippen MR) is 149 cm³/mol. The average Bonchev–Trinajstić information content (AvgIpc) is 2.80. The zero-order valence-corrected chi connectivity index (χ0v) is 24.2. The van der Waals surface area contributed by atoms with E-state index in [1.807, 2.05) is 32.0 Å². The summed E-state index contributed by atoms with van der Waals surface area (Å²) in [6, 6.07) is 4.22. The van der Waals surface area contributed by atoms with E-state index in [2.05, 4.69) is 37.1 Å². The Kier molecular flexibility index (Phi) is 14.0. The number of carbonyl (C=O) groups is 3. The Morgan fingerprint density at radius 3 is 2.25 bits per heavy atom. The van der Waals surface area contributed by atoms with E-state index in [1.54, 1.807) is 25.7 Å². The third-order valence-corrected chi connectivity index (χ3v) is 6.19. The zero-order chi connectivity index (χ0) is 27.3. The van der Waals surface area contributed by atoms with Gasteiger partial charge in [-0.15, -0.1) is 0 Å². The van der Waals surface area contributed by atoms with E-state index in [1.165, 1.54) is 0 Å². The summed E-state index contributed by atoms with van der Waals surface area (Å²) in [5.74, 6) is -0.471. The minimum atomic E-state index is -0.926. The number of amides is 3. The zero-order valence-electron chi connectivity index (χ0n) is 23.3. The van der Waals surface area contributed by atoms with Crippen molar-refractivity contribution >= 4 is 30.5 Å². The lowest BCUT2D eigenvalue weighted by Gasteiger charge is -2.35. The van der Waals surface area contributed by atoms with Crippen molar-refractivity contribution in [1.82, 2.24) is 15.5 Å². The number of benzene rings is 1. The quantitative estimate of drug-likeness (QED) is 0.223. The van der Waals surface area contributed by atoms with Crippen LogP contribution >= 0.6 is 12.6 Å². The first-order valence-electron chi connectivity index (χ1n) is 13.2. The van der Waals surface area contributed by atoms with Crippen molar-refractivity contribution in [3.05, 3.63) is 34.9 Å². The Labute approximate surface area is 223 Å². The summed E-state index contributed by atoms with van der Waals surface area (Å²) in [6.07, 6.45) is 4.92. The van der Waals surface area contributed by atoms with Crippen molar-refractivity contribution in [3.8, 4) is 0 Å². The van der Waals surface area contributed by atoms with E-state index in [4.69, 9.17) is 4.74 Å². The lowest BCUT2D eigenvalue weighted by Crippen LogP contribution is -2.54. The molecule has 7 nitrogen and oxygen atoms in total. The minimum absolute atomic E-state index is 0.0833. The van der Waals surface area contributed by atoms with E-state index in [0.717, 1.165) is 55.2 Å². The topological polar surface area (TPSA) is 87.7 Å². The molecule has 0 saturated carbocycles. The number of nitrogens with zero attached hydrogens (tertiary/aromatic N) is 1. The van der Waals surface area contributed by atoms with E-state index in [0.29, 0.717) is 13.1 Å². The molecule has 1 aromatic rings. The minimum Gasteiger partial charge on any atom is -0.444 e. The molecule has 36 heavy (non-hydrogen) atoms. The largest absolute Gasteiger partial charge is 0.444 e. The van der Waals surface area contributed by atoms with Crippen LogP contribution in [0, 0.1) is 13.8 Å². The van der Waals surface area contributed by atoms with Crippen LogP contribution in [0.1, 0.15) is 95.9 Å². The van der Waals surface area contributed by atoms with Gasteiger partial charge in [0.2, 0.25) is 11.8 Å². The van der Waals surface area contributed by atoms with Crippen LogP contribution in [-0.4, -0.2) is 53.3 Å². The Hall–Kier alpha value is -2.22. The molecule has 2 N–H and O–H groups in total. The van der Waals surface area contributed by atoms with E-state index < -0.39 is 23.8 Å². The van der Waals surface area contributed by atoms with Crippen molar-refractivity contribution in [2.24, 2.45) is 0 Å². The number of carbonyl (C=O) groups excluding carboxylic acids is 3. The molecule has 0 spiro atoms. The normalized spacial score (nSPS) is 13.0. The molecule has 1 rings (SSSR count). The number of ether oxygens (including phenoxy) is 1. The van der Waals surface area contributed by atoms with Crippen molar-refractivity contribution < 1.29 is 19.1 Å². The third-order valence-electron chi connectivity index (χ3n) is 5.83. The Morgan fingerprint density at radius 1 is 1.03 bits per heavy atom. The molecule has 0 aromatic heterocycles. The molecule has 3 amide bonds. The molecule has 0 aliphatic heterocycles. The summed E-state index contributed by atoms with van der Waals surface area (Å²) in [4.78, 5) is 41.6. The fourth-order valence-corrected chi connectivity index (χ4v) is 4.17. The first-order valence-corrected chi connectivity index (χ1v) is 13.8. The lowest BCUT2D eigenvalue weighted by atomic mass is 9.96. The van der Waals surface area contributed by atoms with Crippen molar-refractivity contribution in [2.75, 3.05) is 18.8 Å². The number of hydrogen-bond donors (Lipinski definition) is 3. The van der Waals surface area contributed by atoms with Gasteiger partial charge in [-0.3, -0.25) is 9.59 Å². The van der Waals surface area contributed by atoms with Gasteiger partial charge in [-0.25, -0.2) is 4.79 Å². The van der Waals surface area contributed by atoms with Gasteiger partial charge in [0.15, 0.2) is 0 Å². The van der Waals surface area contributed by atoms with Gasteiger partial charge in [-0.05, 0) is 58.6 Å². The molecule has 0 aliphatic rings. The highest BCUT2D eigenvalue weighted by Gasteiger charge is 2.36. The monoisotopic (exact) mass is 521 g/mol. The van der Waals surface area contributed by atoms with Crippen LogP contribution in [0.25, 0.3) is 0 Å². The Bertz CT molecular complexity index is 854. The summed E-state index contributed by atoms with van der Waals surface area (Å²) in [5, 5.41) is 5.72. The number of aryl methyl sites for hydroxylation is 2. The standard InChI is InChI=1S/C28H47N3O4S/c1-8-10-12-16-29-25(32)24(22-18-20(3)14-15-21(22)4)31(17-13-11-9-2)26(33)23(19-36)30-27(34)35-28(5,6)7/h14-15,18,23-24,36H,8-13,16-17,19H2,1-7H3,(H,29,32)(H,30,34). The molecular weight excluding hydrogens is 474 g/mol. The molecule has 0 saturated heterocycles. The fourth-order valence-electron chi connectivity index (χ4n) is 3.92. The van der Waals surface area contributed by atoms with Crippen molar-refractivity contribution in [3.63, 3.8) is 0 Å². The van der Waals surface area contributed by atoms with Crippen LogP contribution in [0.5, 0.6) is 0 Å². The lowest BCUT2D eigenvalue weighted by molar-refractivity contribution is -0.142. The molecule has 2 atom stereocenters. The summed E-state index contributed by atoms with van der Waals surface area (Å²) < 4.78 is 5.37. The van der Waals surface area contributed by atoms with Gasteiger partial charge in [-0.1, -0.05) is 63.3 Å². The second kappa shape index (κ2) is 15.8. The second-order valence-corrected chi connectivity index (χ2v) is 10.7. The second-order valence-electron chi connectivity index (χ2n) is 10.4. The number of unbranched alkanes of at least 4 members (excludes halogenated alkanes) is 4. The highest BCUT2D eigenvalue weighted by molar-refractivity contribution is 7.80. The fraction of sp³-hybridized carbons (Fsp3) is 0.679. The third kappa shape index (κ3) is 10.8. The molecule has 0 fully saturated rings. The van der Waals surface area contributed by atoms with Crippen LogP contribution in [0.2, 0.25) is 0 Å². The average molecular weight is 522 g/mol. The summed E-state index contributed by atoms with van der Waals surface area (Å²) >= 11 is 4.35. The molecule has 204 valence electrons. The van der Waals surface area contributed by atoms with Crippen LogP contribution in [0.15, 0.2) is 18.2 Å². The molecule has 8 heteroatoms. The Morgan fingerprint density at radius 2 is 1.67 bits per heavy atom. The van der Waals surface area contributed by atoms with E-state index >= 15 is 0 Å². The van der Waals surface area contributed by atoms with Crippen LogP contribution < -0.4 is 10.6 Å². The van der Waals surface area contributed by atoms with Gasteiger partial charge in [0.1, 0.15) is 17.7 Å². The van der Waals surface area contributed by atoms with Crippen LogP contribution in [-0.2, 0) is 14.3 Å². The van der Waals surface area contributed by atoms with Gasteiger partial charge in [0, 0.05) is 18.8 Å². The van der Waals surface area contributed by atoms with Gasteiger partial charge < -0.3 is 20.3 Å². The highest BCUT2D eigenvalue weighted by Crippen LogP contribution is 2.27. The smallest absolute Gasteiger partial charge is 0.408 e. The SMILES string of the molecule is CCCCCNC(=O)C(c1cc(C)ccc1C)N(CCCCC)C(=O)C(CS)NC(=O)OC(C)(C)C. The molecule has 0 aliphatic carbocycles. The number of hydrogen-bond acceptors (Lipinski definition) is 5. The summed E-state index contributed by atoms with van der Waals surface area (Å²) in [6.45, 7) is 14.4.